The van der Waals surface area contributed by atoms with Crippen LogP contribution < -0.4 is 5.32 Å². The summed E-state index contributed by atoms with van der Waals surface area (Å²) in [5, 5.41) is 7.47. The van der Waals surface area contributed by atoms with E-state index in [0.717, 1.165) is 23.0 Å². The summed E-state index contributed by atoms with van der Waals surface area (Å²) in [7, 11) is 0. The molecule has 19 heavy (non-hydrogen) atoms. The van der Waals surface area contributed by atoms with Crippen molar-refractivity contribution in [3.8, 4) is 11.4 Å². The number of rotatable bonds is 2. The van der Waals surface area contributed by atoms with E-state index in [-0.39, 0.29) is 6.04 Å². The van der Waals surface area contributed by atoms with Crippen molar-refractivity contribution in [2.24, 2.45) is 0 Å². The van der Waals surface area contributed by atoms with Crippen LogP contribution in [0.3, 0.4) is 0 Å². The van der Waals surface area contributed by atoms with Crippen molar-refractivity contribution in [3.63, 3.8) is 0 Å². The van der Waals surface area contributed by atoms with Crippen LogP contribution in [0.2, 0.25) is 0 Å². The Morgan fingerprint density at radius 1 is 1.32 bits per heavy atom. The number of aromatic nitrogens is 2. The Labute approximate surface area is 120 Å². The third kappa shape index (κ3) is 2.44. The minimum Gasteiger partial charge on any atom is -0.337 e. The normalized spacial score (nSPS) is 19.0. The van der Waals surface area contributed by atoms with Crippen LogP contribution in [0, 0.1) is 13.8 Å². The van der Waals surface area contributed by atoms with Crippen LogP contribution in [0.4, 0.5) is 0 Å². The summed E-state index contributed by atoms with van der Waals surface area (Å²) < 4.78 is 6.51. The van der Waals surface area contributed by atoms with Gasteiger partial charge < -0.3 is 9.84 Å². The molecule has 1 aromatic carbocycles. The minimum absolute atomic E-state index is 0.221. The van der Waals surface area contributed by atoms with Crippen LogP contribution in [0.25, 0.3) is 11.4 Å². The Bertz CT molecular complexity index is 579. The summed E-state index contributed by atoms with van der Waals surface area (Å²) in [6.45, 7) is 5.17. The SMILES string of the molecule is Cc1cc(-c2noc([C@H]3CCCN3)n2)cc(C)c1Br. The van der Waals surface area contributed by atoms with Gasteiger partial charge in [-0.25, -0.2) is 0 Å². The Morgan fingerprint density at radius 2 is 2.05 bits per heavy atom. The summed E-state index contributed by atoms with van der Waals surface area (Å²) in [6.07, 6.45) is 2.24. The highest BCUT2D eigenvalue weighted by atomic mass is 79.9. The van der Waals surface area contributed by atoms with Gasteiger partial charge in [0.2, 0.25) is 11.7 Å². The van der Waals surface area contributed by atoms with E-state index in [1.54, 1.807) is 0 Å². The molecule has 2 heterocycles. The standard InChI is InChI=1S/C14H16BrN3O/c1-8-6-10(7-9(2)12(8)15)13-17-14(19-18-13)11-4-3-5-16-11/h6-7,11,16H,3-5H2,1-2H3/t11-/m1/s1. The van der Waals surface area contributed by atoms with Crippen LogP contribution in [-0.4, -0.2) is 16.7 Å². The van der Waals surface area contributed by atoms with E-state index in [1.807, 2.05) is 0 Å². The van der Waals surface area contributed by atoms with E-state index < -0.39 is 0 Å². The molecule has 1 fully saturated rings. The fourth-order valence-corrected chi connectivity index (χ4v) is 2.69. The van der Waals surface area contributed by atoms with Gasteiger partial charge in [-0.1, -0.05) is 21.1 Å². The molecule has 1 atom stereocenters. The first-order valence-electron chi connectivity index (χ1n) is 6.49. The first kappa shape index (κ1) is 12.8. The van der Waals surface area contributed by atoms with Crippen LogP contribution in [-0.2, 0) is 0 Å². The zero-order valence-corrected chi connectivity index (χ0v) is 12.6. The van der Waals surface area contributed by atoms with Gasteiger partial charge in [0.1, 0.15) is 0 Å². The largest absolute Gasteiger partial charge is 0.337 e. The predicted molar refractivity (Wildman–Crippen MR) is 76.9 cm³/mol. The summed E-state index contributed by atoms with van der Waals surface area (Å²) in [4.78, 5) is 4.52. The third-order valence-electron chi connectivity index (χ3n) is 3.49. The molecular formula is C14H16BrN3O. The average Bonchev–Trinajstić information content (AvgIpc) is 3.05. The molecule has 0 bridgehead atoms. The topological polar surface area (TPSA) is 51.0 Å². The lowest BCUT2D eigenvalue weighted by Crippen LogP contribution is -2.12. The molecule has 0 unspecified atom stereocenters. The monoisotopic (exact) mass is 321 g/mol. The lowest BCUT2D eigenvalue weighted by Gasteiger charge is -2.05. The van der Waals surface area contributed by atoms with Crippen molar-refractivity contribution in [3.05, 3.63) is 33.6 Å². The van der Waals surface area contributed by atoms with E-state index >= 15 is 0 Å². The maximum atomic E-state index is 5.38. The number of aryl methyl sites for hydroxylation is 2. The van der Waals surface area contributed by atoms with Crippen molar-refractivity contribution in [2.75, 3.05) is 6.54 Å². The lowest BCUT2D eigenvalue weighted by molar-refractivity contribution is 0.345. The smallest absolute Gasteiger partial charge is 0.244 e. The first-order valence-corrected chi connectivity index (χ1v) is 7.28. The van der Waals surface area contributed by atoms with Crippen LogP contribution in [0.5, 0.6) is 0 Å². The molecule has 0 saturated carbocycles. The highest BCUT2D eigenvalue weighted by Gasteiger charge is 2.22. The van der Waals surface area contributed by atoms with Crippen molar-refractivity contribution < 1.29 is 4.52 Å². The van der Waals surface area contributed by atoms with E-state index in [9.17, 15) is 0 Å². The molecule has 1 aliphatic heterocycles. The van der Waals surface area contributed by atoms with Gasteiger partial charge in [0.15, 0.2) is 0 Å². The second-order valence-electron chi connectivity index (χ2n) is 5.03. The Morgan fingerprint density at radius 3 is 2.68 bits per heavy atom. The molecule has 5 heteroatoms. The van der Waals surface area contributed by atoms with Gasteiger partial charge in [0.05, 0.1) is 6.04 Å². The molecule has 1 N–H and O–H groups in total. The van der Waals surface area contributed by atoms with Gasteiger partial charge in [-0.3, -0.25) is 0 Å². The van der Waals surface area contributed by atoms with Gasteiger partial charge >= 0.3 is 0 Å². The fraction of sp³-hybridized carbons (Fsp3) is 0.429. The third-order valence-corrected chi connectivity index (χ3v) is 4.75. The second kappa shape index (κ2) is 5.06. The molecule has 2 aromatic rings. The number of hydrogen-bond donors (Lipinski definition) is 1. The number of benzene rings is 1. The van der Waals surface area contributed by atoms with Gasteiger partial charge in [-0.05, 0) is 56.5 Å². The zero-order chi connectivity index (χ0) is 13.4. The predicted octanol–water partition coefficient (Wildman–Crippen LogP) is 3.54. The first-order chi connectivity index (χ1) is 9.15. The molecule has 1 aliphatic rings. The maximum absolute atomic E-state index is 5.38. The maximum Gasteiger partial charge on any atom is 0.244 e. The second-order valence-corrected chi connectivity index (χ2v) is 5.82. The fourth-order valence-electron chi connectivity index (χ4n) is 2.46. The van der Waals surface area contributed by atoms with Gasteiger partial charge in [0.25, 0.3) is 0 Å². The summed E-state index contributed by atoms with van der Waals surface area (Å²) >= 11 is 3.57. The van der Waals surface area contributed by atoms with Crippen molar-refractivity contribution in [1.29, 1.82) is 0 Å². The average molecular weight is 322 g/mol. The van der Waals surface area contributed by atoms with Crippen molar-refractivity contribution >= 4 is 15.9 Å². The summed E-state index contributed by atoms with van der Waals surface area (Å²) in [6, 6.07) is 4.38. The number of nitrogens with zero attached hydrogens (tertiary/aromatic N) is 2. The van der Waals surface area contributed by atoms with E-state index in [4.69, 9.17) is 4.52 Å². The van der Waals surface area contributed by atoms with Crippen LogP contribution >= 0.6 is 15.9 Å². The molecule has 0 amide bonds. The quantitative estimate of drug-likeness (QED) is 0.919. The molecule has 100 valence electrons. The number of nitrogens with one attached hydrogen (secondary N) is 1. The molecule has 0 radical (unpaired) electrons. The van der Waals surface area contributed by atoms with Crippen LogP contribution in [0.15, 0.2) is 21.1 Å². The van der Waals surface area contributed by atoms with E-state index in [0.29, 0.717) is 11.7 Å². The highest BCUT2D eigenvalue weighted by molar-refractivity contribution is 9.10. The lowest BCUT2D eigenvalue weighted by atomic mass is 10.1. The number of hydrogen-bond acceptors (Lipinski definition) is 4. The van der Waals surface area contributed by atoms with E-state index in [1.165, 1.54) is 17.5 Å². The Balaban J connectivity index is 1.94. The molecule has 0 aliphatic carbocycles. The zero-order valence-electron chi connectivity index (χ0n) is 11.0. The summed E-state index contributed by atoms with van der Waals surface area (Å²) in [5.41, 5.74) is 3.37. The Hall–Kier alpha value is -1.20. The minimum atomic E-state index is 0.221. The van der Waals surface area contributed by atoms with Gasteiger partial charge in [0, 0.05) is 10.0 Å². The highest BCUT2D eigenvalue weighted by Crippen LogP contribution is 2.28. The van der Waals surface area contributed by atoms with E-state index in [2.05, 4.69) is 57.4 Å². The molecule has 0 spiro atoms. The van der Waals surface area contributed by atoms with Gasteiger partial charge in [-0.2, -0.15) is 4.98 Å². The van der Waals surface area contributed by atoms with Gasteiger partial charge in [-0.15, -0.1) is 0 Å². The van der Waals surface area contributed by atoms with Crippen molar-refractivity contribution in [1.82, 2.24) is 15.5 Å². The van der Waals surface area contributed by atoms with Crippen LogP contribution in [0.1, 0.15) is 35.9 Å². The molecule has 1 aromatic heterocycles. The molecule has 3 rings (SSSR count). The van der Waals surface area contributed by atoms with Crippen molar-refractivity contribution in [2.45, 2.75) is 32.7 Å². The molecule has 4 nitrogen and oxygen atoms in total. The summed E-state index contributed by atoms with van der Waals surface area (Å²) in [5.74, 6) is 1.37. The molecule has 1 saturated heterocycles. The molecular weight excluding hydrogens is 306 g/mol. The number of halogens is 1. The Kier molecular flexibility index (Phi) is 3.41.